The Morgan fingerprint density at radius 3 is 2.71 bits per heavy atom. The summed E-state index contributed by atoms with van der Waals surface area (Å²) in [5.41, 5.74) is 2.98. The van der Waals surface area contributed by atoms with Crippen molar-refractivity contribution in [1.82, 2.24) is 14.9 Å². The summed E-state index contributed by atoms with van der Waals surface area (Å²) in [6.45, 7) is 1.98. The summed E-state index contributed by atoms with van der Waals surface area (Å²) in [5, 5.41) is 0. The number of hydrogen-bond acceptors (Lipinski definition) is 4. The highest BCUT2D eigenvalue weighted by Gasteiger charge is 2.12. The molecule has 1 atom stereocenters. The monoisotopic (exact) mass is 285 g/mol. The van der Waals surface area contributed by atoms with Crippen LogP contribution in [0.25, 0.3) is 11.3 Å². The van der Waals surface area contributed by atoms with Gasteiger partial charge in [0.2, 0.25) is 0 Å². The maximum atomic E-state index is 12.0. The molecular weight excluding hydrogens is 266 g/mol. The van der Waals surface area contributed by atoms with Gasteiger partial charge in [0.05, 0.1) is 24.2 Å². The molecule has 2 aromatic rings. The van der Waals surface area contributed by atoms with Crippen LogP contribution in [0.4, 0.5) is 0 Å². The summed E-state index contributed by atoms with van der Waals surface area (Å²) in [6.07, 6.45) is 3.14. The fraction of sp³-hybridized carbons (Fsp3) is 0.312. The van der Waals surface area contributed by atoms with Crippen LogP contribution >= 0.6 is 0 Å². The number of benzene rings is 1. The van der Waals surface area contributed by atoms with E-state index in [-0.39, 0.29) is 12.0 Å². The van der Waals surface area contributed by atoms with Gasteiger partial charge in [-0.2, -0.15) is 0 Å². The van der Waals surface area contributed by atoms with Gasteiger partial charge in [0, 0.05) is 26.8 Å². The van der Waals surface area contributed by atoms with E-state index in [0.717, 1.165) is 11.1 Å². The molecular formula is C16H19N3O2. The lowest BCUT2D eigenvalue weighted by atomic mass is 10.1. The van der Waals surface area contributed by atoms with Crippen LogP contribution in [0.1, 0.15) is 29.1 Å². The zero-order valence-corrected chi connectivity index (χ0v) is 12.7. The first-order valence-corrected chi connectivity index (χ1v) is 6.69. The standard InChI is InChI=1S/C16H19N3O2/c1-11(21-4)12-6-5-7-13(8-12)14-9-17-10-15(18-14)16(20)19(2)3/h5-11H,1-4H3/t11-/m0/s1. The Hall–Kier alpha value is -2.27. The van der Waals surface area contributed by atoms with Gasteiger partial charge in [-0.3, -0.25) is 9.78 Å². The number of methoxy groups -OCH3 is 1. The van der Waals surface area contributed by atoms with Crippen LogP contribution in [0.3, 0.4) is 0 Å². The molecule has 5 nitrogen and oxygen atoms in total. The molecule has 110 valence electrons. The van der Waals surface area contributed by atoms with E-state index in [0.29, 0.717) is 11.4 Å². The van der Waals surface area contributed by atoms with Crippen LogP contribution in [-0.2, 0) is 4.74 Å². The molecule has 0 radical (unpaired) electrons. The molecule has 0 unspecified atom stereocenters. The second-order valence-electron chi connectivity index (χ2n) is 4.99. The van der Waals surface area contributed by atoms with Gasteiger partial charge in [0.1, 0.15) is 5.69 Å². The lowest BCUT2D eigenvalue weighted by Crippen LogP contribution is -2.23. The normalized spacial score (nSPS) is 12.0. The molecule has 1 aromatic carbocycles. The fourth-order valence-corrected chi connectivity index (χ4v) is 1.92. The van der Waals surface area contributed by atoms with Gasteiger partial charge in [-0.25, -0.2) is 4.98 Å². The van der Waals surface area contributed by atoms with Crippen LogP contribution in [0.15, 0.2) is 36.7 Å². The molecule has 1 aromatic heterocycles. The number of nitrogens with zero attached hydrogens (tertiary/aromatic N) is 3. The van der Waals surface area contributed by atoms with Crippen LogP contribution in [-0.4, -0.2) is 42.0 Å². The van der Waals surface area contributed by atoms with E-state index in [1.54, 1.807) is 27.4 Å². The molecule has 0 saturated carbocycles. The van der Waals surface area contributed by atoms with Crippen molar-refractivity contribution < 1.29 is 9.53 Å². The third-order valence-electron chi connectivity index (χ3n) is 3.27. The Kier molecular flexibility index (Phi) is 4.65. The molecule has 21 heavy (non-hydrogen) atoms. The molecule has 0 spiro atoms. The van der Waals surface area contributed by atoms with Crippen LogP contribution in [0.2, 0.25) is 0 Å². The number of ether oxygens (including phenoxy) is 1. The van der Waals surface area contributed by atoms with Gasteiger partial charge in [0.25, 0.3) is 5.91 Å². The Bertz CT molecular complexity index is 641. The van der Waals surface area contributed by atoms with Crippen molar-refractivity contribution in [2.45, 2.75) is 13.0 Å². The Morgan fingerprint density at radius 2 is 2.05 bits per heavy atom. The highest BCUT2D eigenvalue weighted by atomic mass is 16.5. The number of amides is 1. The zero-order chi connectivity index (χ0) is 15.4. The van der Waals surface area contributed by atoms with Crippen molar-refractivity contribution in [2.75, 3.05) is 21.2 Å². The first kappa shape index (κ1) is 15.1. The van der Waals surface area contributed by atoms with Crippen LogP contribution in [0, 0.1) is 0 Å². The number of carbonyl (C=O) groups excluding carboxylic acids is 1. The van der Waals surface area contributed by atoms with E-state index in [2.05, 4.69) is 9.97 Å². The van der Waals surface area contributed by atoms with Gasteiger partial charge < -0.3 is 9.64 Å². The molecule has 2 rings (SSSR count). The number of rotatable bonds is 4. The van der Waals surface area contributed by atoms with Gasteiger partial charge >= 0.3 is 0 Å². The second kappa shape index (κ2) is 6.45. The predicted molar refractivity (Wildman–Crippen MR) is 80.9 cm³/mol. The third-order valence-corrected chi connectivity index (χ3v) is 3.27. The molecule has 0 fully saturated rings. The Balaban J connectivity index is 2.38. The van der Waals surface area contributed by atoms with Crippen molar-refractivity contribution in [1.29, 1.82) is 0 Å². The quantitative estimate of drug-likeness (QED) is 0.866. The summed E-state index contributed by atoms with van der Waals surface area (Å²) < 4.78 is 5.32. The third kappa shape index (κ3) is 3.44. The summed E-state index contributed by atoms with van der Waals surface area (Å²) >= 11 is 0. The average molecular weight is 285 g/mol. The molecule has 0 bridgehead atoms. The summed E-state index contributed by atoms with van der Waals surface area (Å²) in [7, 11) is 5.06. The minimum atomic E-state index is -0.161. The van der Waals surface area contributed by atoms with E-state index in [1.165, 1.54) is 11.1 Å². The number of carbonyl (C=O) groups is 1. The largest absolute Gasteiger partial charge is 0.377 e. The fourth-order valence-electron chi connectivity index (χ4n) is 1.92. The van der Waals surface area contributed by atoms with Crippen molar-refractivity contribution in [3.8, 4) is 11.3 Å². The smallest absolute Gasteiger partial charge is 0.273 e. The molecule has 5 heteroatoms. The molecule has 0 saturated heterocycles. The first-order valence-electron chi connectivity index (χ1n) is 6.69. The minimum absolute atomic E-state index is 0.00417. The molecule has 0 aliphatic heterocycles. The van der Waals surface area contributed by atoms with Crippen molar-refractivity contribution in [3.63, 3.8) is 0 Å². The number of hydrogen-bond donors (Lipinski definition) is 0. The summed E-state index contributed by atoms with van der Waals surface area (Å²) in [4.78, 5) is 22.0. The van der Waals surface area contributed by atoms with E-state index in [4.69, 9.17) is 4.74 Å². The van der Waals surface area contributed by atoms with E-state index < -0.39 is 0 Å². The number of aromatic nitrogens is 2. The van der Waals surface area contributed by atoms with Crippen molar-refractivity contribution in [3.05, 3.63) is 47.9 Å². The van der Waals surface area contributed by atoms with Gasteiger partial charge in [-0.15, -0.1) is 0 Å². The maximum Gasteiger partial charge on any atom is 0.273 e. The van der Waals surface area contributed by atoms with E-state index >= 15 is 0 Å². The average Bonchev–Trinajstić information content (AvgIpc) is 2.53. The van der Waals surface area contributed by atoms with Crippen LogP contribution < -0.4 is 0 Å². The topological polar surface area (TPSA) is 55.3 Å². The highest BCUT2D eigenvalue weighted by molar-refractivity contribution is 5.92. The molecule has 0 aliphatic rings. The maximum absolute atomic E-state index is 12.0. The Labute approximate surface area is 124 Å². The highest BCUT2D eigenvalue weighted by Crippen LogP contribution is 2.23. The molecule has 1 heterocycles. The summed E-state index contributed by atoms with van der Waals surface area (Å²) in [5.74, 6) is -0.161. The van der Waals surface area contributed by atoms with E-state index in [1.807, 2.05) is 31.2 Å². The lowest BCUT2D eigenvalue weighted by molar-refractivity contribution is 0.0821. The van der Waals surface area contributed by atoms with Crippen LogP contribution in [0.5, 0.6) is 0 Å². The van der Waals surface area contributed by atoms with Crippen molar-refractivity contribution >= 4 is 5.91 Å². The first-order chi connectivity index (χ1) is 10.0. The Morgan fingerprint density at radius 1 is 1.29 bits per heavy atom. The second-order valence-corrected chi connectivity index (χ2v) is 4.99. The van der Waals surface area contributed by atoms with Gasteiger partial charge in [-0.1, -0.05) is 18.2 Å². The summed E-state index contributed by atoms with van der Waals surface area (Å²) in [6, 6.07) is 7.89. The minimum Gasteiger partial charge on any atom is -0.377 e. The van der Waals surface area contributed by atoms with Crippen molar-refractivity contribution in [2.24, 2.45) is 0 Å². The van der Waals surface area contributed by atoms with Gasteiger partial charge in [-0.05, 0) is 18.6 Å². The SMILES string of the molecule is CO[C@@H](C)c1cccc(-c2cncc(C(=O)N(C)C)n2)c1. The molecule has 1 amide bonds. The molecule has 0 aliphatic carbocycles. The zero-order valence-electron chi connectivity index (χ0n) is 12.7. The predicted octanol–water partition coefficient (Wildman–Crippen LogP) is 2.55. The van der Waals surface area contributed by atoms with Gasteiger partial charge in [0.15, 0.2) is 0 Å². The lowest BCUT2D eigenvalue weighted by Gasteiger charge is -2.12. The van der Waals surface area contributed by atoms with E-state index in [9.17, 15) is 4.79 Å². The molecule has 0 N–H and O–H groups in total.